The minimum atomic E-state index is -0.111. The van der Waals surface area contributed by atoms with Crippen molar-refractivity contribution >= 4 is 6.34 Å². The van der Waals surface area contributed by atoms with Crippen molar-refractivity contribution in [1.29, 1.82) is 0 Å². The number of aromatic nitrogens is 1. The number of nitrogens with two attached hydrogens (primary N) is 1. The first kappa shape index (κ1) is 5.75. The second kappa shape index (κ2) is 2.26. The van der Waals surface area contributed by atoms with Crippen LogP contribution in [0.1, 0.15) is 0 Å². The molecule has 1 aromatic rings. The monoisotopic (exact) mass is 123 g/mol. The summed E-state index contributed by atoms with van der Waals surface area (Å²) in [4.78, 5) is 10.7. The maximum absolute atomic E-state index is 10.7. The minimum absolute atomic E-state index is 0.111. The first-order valence-corrected chi connectivity index (χ1v) is 2.57. The zero-order valence-corrected chi connectivity index (χ0v) is 4.82. The molecule has 0 atom stereocenters. The molecule has 0 aliphatic rings. The summed E-state index contributed by atoms with van der Waals surface area (Å²) in [6, 6.07) is 4.86. The van der Waals surface area contributed by atoms with Gasteiger partial charge in [0.15, 0.2) is 0 Å². The van der Waals surface area contributed by atoms with Crippen LogP contribution in [-0.4, -0.2) is 10.9 Å². The zero-order valence-electron chi connectivity index (χ0n) is 4.82. The van der Waals surface area contributed by atoms with Crippen LogP contribution in [0, 0.1) is 0 Å². The van der Waals surface area contributed by atoms with Gasteiger partial charge in [-0.05, 0) is 6.07 Å². The number of hydrogen-bond donors (Lipinski definition) is 1. The van der Waals surface area contributed by atoms with E-state index in [1.165, 1.54) is 17.0 Å². The van der Waals surface area contributed by atoms with Gasteiger partial charge in [0.2, 0.25) is 6.34 Å². The largest absolute Gasteiger partial charge is 0.338 e. The van der Waals surface area contributed by atoms with E-state index in [1.807, 2.05) is 0 Å². The van der Waals surface area contributed by atoms with Crippen molar-refractivity contribution < 1.29 is 5.41 Å². The minimum Gasteiger partial charge on any atom is -0.293 e. The van der Waals surface area contributed by atoms with Gasteiger partial charge in [0.25, 0.3) is 0 Å². The van der Waals surface area contributed by atoms with Crippen molar-refractivity contribution in [2.75, 3.05) is 0 Å². The van der Waals surface area contributed by atoms with Gasteiger partial charge in [-0.2, -0.15) is 4.57 Å². The third kappa shape index (κ3) is 1.05. The lowest BCUT2D eigenvalue weighted by Crippen LogP contribution is -2.37. The molecule has 0 aromatic carbocycles. The molecule has 0 saturated heterocycles. The van der Waals surface area contributed by atoms with Gasteiger partial charge in [-0.25, -0.2) is 4.79 Å². The lowest BCUT2D eigenvalue weighted by atomic mass is 10.5. The van der Waals surface area contributed by atoms with Crippen molar-refractivity contribution in [1.82, 2.24) is 4.57 Å². The maximum atomic E-state index is 10.7. The predicted octanol–water partition coefficient (Wildman–Crippen LogP) is -1.52. The van der Waals surface area contributed by atoms with E-state index >= 15 is 0 Å². The highest BCUT2D eigenvalue weighted by Crippen LogP contribution is 1.73. The van der Waals surface area contributed by atoms with Crippen LogP contribution in [-0.2, 0) is 0 Å². The van der Waals surface area contributed by atoms with E-state index in [1.54, 1.807) is 18.3 Å². The van der Waals surface area contributed by atoms with Crippen molar-refractivity contribution in [2.24, 2.45) is 0 Å². The number of nitrogens with zero attached hydrogens (tertiary/aromatic N) is 1. The summed E-state index contributed by atoms with van der Waals surface area (Å²) >= 11 is 0. The Hall–Kier alpha value is -1.38. The van der Waals surface area contributed by atoms with E-state index in [9.17, 15) is 4.79 Å². The van der Waals surface area contributed by atoms with Crippen molar-refractivity contribution in [2.45, 2.75) is 0 Å². The molecule has 3 heteroatoms. The molecule has 0 amide bonds. The molecule has 0 unspecified atom stereocenters. The van der Waals surface area contributed by atoms with Crippen LogP contribution in [0.3, 0.4) is 0 Å². The van der Waals surface area contributed by atoms with Crippen LogP contribution in [0.2, 0.25) is 0 Å². The highest BCUT2D eigenvalue weighted by atomic mass is 16.1. The Balaban J connectivity index is 3.32. The SMILES string of the molecule is [NH2+]=Cn1ccccc1=O. The third-order valence-electron chi connectivity index (χ3n) is 1.01. The molecule has 1 rings (SSSR count). The van der Waals surface area contributed by atoms with E-state index < -0.39 is 0 Å². The molecule has 1 aromatic heterocycles. The molecular formula is C6H7N2O+. The molecule has 0 bridgehead atoms. The molecule has 0 saturated carbocycles. The van der Waals surface area contributed by atoms with Gasteiger partial charge in [-0.3, -0.25) is 5.41 Å². The summed E-state index contributed by atoms with van der Waals surface area (Å²) in [6.45, 7) is 0. The summed E-state index contributed by atoms with van der Waals surface area (Å²) in [5, 5.41) is 5.09. The van der Waals surface area contributed by atoms with Crippen LogP contribution in [0.25, 0.3) is 0 Å². The Morgan fingerprint density at radius 1 is 1.56 bits per heavy atom. The average Bonchev–Trinajstić information content (AvgIpc) is 1.89. The fraction of sp³-hybridized carbons (Fsp3) is 0. The number of rotatable bonds is 1. The van der Waals surface area contributed by atoms with Crippen LogP contribution < -0.4 is 11.0 Å². The molecule has 2 N–H and O–H groups in total. The van der Waals surface area contributed by atoms with E-state index in [-0.39, 0.29) is 5.56 Å². The first-order chi connectivity index (χ1) is 4.34. The molecule has 0 aliphatic heterocycles. The molecule has 0 spiro atoms. The van der Waals surface area contributed by atoms with Gasteiger partial charge in [-0.1, -0.05) is 6.07 Å². The Morgan fingerprint density at radius 2 is 2.33 bits per heavy atom. The maximum Gasteiger partial charge on any atom is 0.338 e. The second-order valence-corrected chi connectivity index (χ2v) is 1.60. The van der Waals surface area contributed by atoms with E-state index in [0.29, 0.717) is 0 Å². The molecule has 0 aliphatic carbocycles. The lowest BCUT2D eigenvalue weighted by Gasteiger charge is -1.82. The third-order valence-corrected chi connectivity index (χ3v) is 1.01. The summed E-state index contributed by atoms with van der Waals surface area (Å²) in [7, 11) is 0. The highest BCUT2D eigenvalue weighted by molar-refractivity contribution is 5.50. The number of hydrogen-bond acceptors (Lipinski definition) is 1. The normalized spacial score (nSPS) is 8.89. The van der Waals surface area contributed by atoms with Crippen molar-refractivity contribution in [3.8, 4) is 0 Å². The van der Waals surface area contributed by atoms with Gasteiger partial charge in [0.05, 0.1) is 6.20 Å². The molecule has 0 radical (unpaired) electrons. The smallest absolute Gasteiger partial charge is 0.293 e. The Labute approximate surface area is 52.1 Å². The van der Waals surface area contributed by atoms with Gasteiger partial charge < -0.3 is 0 Å². The van der Waals surface area contributed by atoms with Gasteiger partial charge in [-0.15, -0.1) is 0 Å². The fourth-order valence-electron chi connectivity index (χ4n) is 0.563. The van der Waals surface area contributed by atoms with Crippen molar-refractivity contribution in [3.63, 3.8) is 0 Å². The van der Waals surface area contributed by atoms with Crippen LogP contribution >= 0.6 is 0 Å². The molecular weight excluding hydrogens is 116 g/mol. The van der Waals surface area contributed by atoms with E-state index in [4.69, 9.17) is 5.41 Å². The van der Waals surface area contributed by atoms with Crippen LogP contribution in [0.15, 0.2) is 29.2 Å². The topological polar surface area (TPSA) is 47.6 Å². The van der Waals surface area contributed by atoms with E-state index in [0.717, 1.165) is 0 Å². The lowest BCUT2D eigenvalue weighted by molar-refractivity contribution is -0.109. The second-order valence-electron chi connectivity index (χ2n) is 1.60. The van der Waals surface area contributed by atoms with Gasteiger partial charge in [0, 0.05) is 6.07 Å². The first-order valence-electron chi connectivity index (χ1n) is 2.57. The molecule has 0 fully saturated rings. The summed E-state index contributed by atoms with van der Waals surface area (Å²) in [5.41, 5.74) is -0.111. The Morgan fingerprint density at radius 3 is 2.78 bits per heavy atom. The molecule has 9 heavy (non-hydrogen) atoms. The summed E-state index contributed by atoms with van der Waals surface area (Å²) in [6.07, 6.45) is 2.82. The standard InChI is InChI=1S/C6H6N2O/c7-5-8-4-2-1-3-6(8)9/h1-5,7H/p+1. The average molecular weight is 123 g/mol. The van der Waals surface area contributed by atoms with Crippen LogP contribution in [0.4, 0.5) is 0 Å². The molecule has 3 nitrogen and oxygen atoms in total. The fourth-order valence-corrected chi connectivity index (χ4v) is 0.563. The molecule has 1 heterocycles. The summed E-state index contributed by atoms with van der Waals surface area (Å²) < 4.78 is 1.31. The highest BCUT2D eigenvalue weighted by Gasteiger charge is 1.91. The predicted molar refractivity (Wildman–Crippen MR) is 34.1 cm³/mol. The quantitative estimate of drug-likeness (QED) is 0.358. The van der Waals surface area contributed by atoms with Crippen LogP contribution in [0.5, 0.6) is 0 Å². The van der Waals surface area contributed by atoms with Crippen molar-refractivity contribution in [3.05, 3.63) is 34.7 Å². The number of pyridine rings is 1. The van der Waals surface area contributed by atoms with Gasteiger partial charge >= 0.3 is 5.56 Å². The van der Waals surface area contributed by atoms with E-state index in [2.05, 4.69) is 0 Å². The molecule has 46 valence electrons. The Bertz CT molecular complexity index is 264. The zero-order chi connectivity index (χ0) is 6.69. The van der Waals surface area contributed by atoms with Gasteiger partial charge in [0.1, 0.15) is 0 Å². The Kier molecular flexibility index (Phi) is 1.44. The summed E-state index contributed by atoms with van der Waals surface area (Å²) in [5.74, 6) is 0.